The third-order valence-corrected chi connectivity index (χ3v) is 6.29. The second kappa shape index (κ2) is 7.00. The molecular formula is C18H21F3N4O3. The summed E-state index contributed by atoms with van der Waals surface area (Å²) in [6.45, 7) is -1.07. The number of carbonyl (C=O) groups is 2. The van der Waals surface area contributed by atoms with Gasteiger partial charge in [0.15, 0.2) is 0 Å². The Morgan fingerprint density at radius 1 is 1.25 bits per heavy atom. The summed E-state index contributed by atoms with van der Waals surface area (Å²) in [5.74, 6) is -3.68. The molecule has 1 saturated carbocycles. The monoisotopic (exact) mass is 398 g/mol. The molecular weight excluding hydrogens is 377 g/mol. The second-order valence-electron chi connectivity index (χ2n) is 7.77. The van der Waals surface area contributed by atoms with E-state index in [-0.39, 0.29) is 31.3 Å². The van der Waals surface area contributed by atoms with Crippen LogP contribution in [0.2, 0.25) is 0 Å². The largest absolute Gasteiger partial charge is 0.481 e. The van der Waals surface area contributed by atoms with Crippen molar-refractivity contribution in [2.75, 3.05) is 13.1 Å². The first-order valence-electron chi connectivity index (χ1n) is 9.24. The maximum atomic E-state index is 13.2. The topological polar surface area (TPSA) is 94.6 Å². The minimum absolute atomic E-state index is 0.179. The quantitative estimate of drug-likeness (QED) is 0.707. The summed E-state index contributed by atoms with van der Waals surface area (Å²) in [6.07, 6.45) is -1.04. The average molecular weight is 398 g/mol. The molecule has 0 aromatic carbocycles. The Balaban J connectivity index is 1.71. The molecule has 6 atom stereocenters. The summed E-state index contributed by atoms with van der Waals surface area (Å²) in [5, 5.41) is 9.79. The van der Waals surface area contributed by atoms with Gasteiger partial charge in [-0.1, -0.05) is 0 Å². The number of carbonyl (C=O) groups excluding carboxylic acids is 1. The molecule has 3 N–H and O–H groups in total. The molecule has 2 aliphatic heterocycles. The van der Waals surface area contributed by atoms with Crippen molar-refractivity contribution in [3.8, 4) is 0 Å². The standard InChI is InChI=1S/C18H21F3N4O3/c19-18(20,21)8-25-14-6-10(9-1-3-22-4-2-9)11(17(27)28)5-12(14)15-13(16(25)26)7-23-24-15/h1-4,10-15,23-24H,5-8H2,(H,27,28). The molecule has 1 aromatic heterocycles. The lowest BCUT2D eigenvalue weighted by molar-refractivity contribution is -0.181. The molecule has 6 unspecified atom stereocenters. The molecule has 1 aliphatic carbocycles. The molecule has 7 nitrogen and oxygen atoms in total. The number of piperidine rings is 1. The van der Waals surface area contributed by atoms with E-state index in [9.17, 15) is 27.9 Å². The van der Waals surface area contributed by atoms with E-state index in [2.05, 4.69) is 15.8 Å². The van der Waals surface area contributed by atoms with Gasteiger partial charge in [0, 0.05) is 31.0 Å². The Hall–Kier alpha value is -2.20. The highest BCUT2D eigenvalue weighted by Crippen LogP contribution is 2.48. The van der Waals surface area contributed by atoms with Gasteiger partial charge in [-0.05, 0) is 42.4 Å². The van der Waals surface area contributed by atoms with E-state index >= 15 is 0 Å². The zero-order valence-corrected chi connectivity index (χ0v) is 14.9. The average Bonchev–Trinajstić information content (AvgIpc) is 3.14. The first-order valence-corrected chi connectivity index (χ1v) is 9.24. The minimum Gasteiger partial charge on any atom is -0.481 e. The molecule has 0 radical (unpaired) electrons. The number of rotatable bonds is 3. The van der Waals surface area contributed by atoms with Crippen molar-refractivity contribution in [2.45, 2.75) is 37.0 Å². The van der Waals surface area contributed by atoms with Crippen molar-refractivity contribution in [3.05, 3.63) is 30.1 Å². The van der Waals surface area contributed by atoms with Crippen molar-refractivity contribution in [3.63, 3.8) is 0 Å². The number of hydrogen-bond acceptors (Lipinski definition) is 5. The lowest BCUT2D eigenvalue weighted by Crippen LogP contribution is -2.64. The van der Waals surface area contributed by atoms with Crippen molar-refractivity contribution in [1.29, 1.82) is 0 Å². The Bertz CT molecular complexity index is 760. The van der Waals surface area contributed by atoms with Gasteiger partial charge in [-0.25, -0.2) is 0 Å². The van der Waals surface area contributed by atoms with E-state index in [0.29, 0.717) is 0 Å². The van der Waals surface area contributed by atoms with Crippen LogP contribution in [0.15, 0.2) is 24.5 Å². The number of hydrogen-bond donors (Lipinski definition) is 3. The fraction of sp³-hybridized carbons (Fsp3) is 0.611. The van der Waals surface area contributed by atoms with E-state index < -0.39 is 48.4 Å². The van der Waals surface area contributed by atoms with Gasteiger partial charge in [0.2, 0.25) is 5.91 Å². The highest BCUT2D eigenvalue weighted by Gasteiger charge is 2.56. The fourth-order valence-corrected chi connectivity index (χ4v) is 5.14. The SMILES string of the molecule is O=C(O)C1CC2C3NNCC3C(=O)N(CC(F)(F)F)C2CC1c1ccncc1. The Labute approximate surface area is 159 Å². The van der Waals surface area contributed by atoms with E-state index in [0.717, 1.165) is 10.5 Å². The van der Waals surface area contributed by atoms with Crippen LogP contribution in [0.3, 0.4) is 0 Å². The highest BCUT2D eigenvalue weighted by molar-refractivity contribution is 5.82. The Kier molecular flexibility index (Phi) is 4.78. The van der Waals surface area contributed by atoms with Gasteiger partial charge in [-0.15, -0.1) is 0 Å². The third-order valence-electron chi connectivity index (χ3n) is 6.29. The van der Waals surface area contributed by atoms with Crippen LogP contribution in [0, 0.1) is 17.8 Å². The van der Waals surface area contributed by atoms with Crippen LogP contribution in [0.4, 0.5) is 13.2 Å². The van der Waals surface area contributed by atoms with Gasteiger partial charge in [-0.3, -0.25) is 25.4 Å². The maximum Gasteiger partial charge on any atom is 0.406 e. The molecule has 3 heterocycles. The number of halogens is 3. The van der Waals surface area contributed by atoms with E-state index in [1.807, 2.05) is 0 Å². The second-order valence-corrected chi connectivity index (χ2v) is 7.77. The zero-order chi connectivity index (χ0) is 20.1. The summed E-state index contributed by atoms with van der Waals surface area (Å²) >= 11 is 0. The first kappa shape index (κ1) is 19.1. The number of aromatic nitrogens is 1. The molecule has 2 saturated heterocycles. The summed E-state index contributed by atoms with van der Waals surface area (Å²) < 4.78 is 39.6. The molecule has 152 valence electrons. The van der Waals surface area contributed by atoms with Crippen molar-refractivity contribution in [1.82, 2.24) is 20.7 Å². The summed E-state index contributed by atoms with van der Waals surface area (Å²) in [6, 6.07) is 2.36. The number of nitrogens with one attached hydrogen (secondary N) is 2. The molecule has 0 bridgehead atoms. The predicted molar refractivity (Wildman–Crippen MR) is 90.8 cm³/mol. The Morgan fingerprint density at radius 2 is 1.96 bits per heavy atom. The van der Waals surface area contributed by atoms with Crippen LogP contribution in [-0.2, 0) is 9.59 Å². The van der Waals surface area contributed by atoms with Crippen molar-refractivity contribution in [2.24, 2.45) is 17.8 Å². The molecule has 4 rings (SSSR count). The van der Waals surface area contributed by atoms with Gasteiger partial charge in [0.05, 0.1) is 11.8 Å². The number of fused-ring (bicyclic) bond motifs is 3. The number of carboxylic acid groups (broad SMARTS) is 1. The van der Waals surface area contributed by atoms with Crippen LogP contribution < -0.4 is 10.9 Å². The predicted octanol–water partition coefficient (Wildman–Crippen LogP) is 1.14. The third kappa shape index (κ3) is 3.35. The molecule has 3 aliphatic rings. The van der Waals surface area contributed by atoms with E-state index in [4.69, 9.17) is 0 Å². The highest BCUT2D eigenvalue weighted by atomic mass is 19.4. The van der Waals surface area contributed by atoms with Gasteiger partial charge >= 0.3 is 12.1 Å². The number of aliphatic carboxylic acids is 1. The molecule has 1 amide bonds. The number of likely N-dealkylation sites (tertiary alicyclic amines) is 1. The maximum absolute atomic E-state index is 13.2. The van der Waals surface area contributed by atoms with Gasteiger partial charge in [0.1, 0.15) is 6.54 Å². The number of hydrazine groups is 1. The van der Waals surface area contributed by atoms with Crippen LogP contribution in [0.1, 0.15) is 24.3 Å². The van der Waals surface area contributed by atoms with Crippen LogP contribution >= 0.6 is 0 Å². The van der Waals surface area contributed by atoms with Crippen molar-refractivity contribution < 1.29 is 27.9 Å². The smallest absolute Gasteiger partial charge is 0.406 e. The molecule has 0 spiro atoms. The molecule has 10 heteroatoms. The zero-order valence-electron chi connectivity index (χ0n) is 14.9. The van der Waals surface area contributed by atoms with Gasteiger partial charge in [0.25, 0.3) is 0 Å². The fourth-order valence-electron chi connectivity index (χ4n) is 5.14. The van der Waals surface area contributed by atoms with Gasteiger partial charge < -0.3 is 10.0 Å². The van der Waals surface area contributed by atoms with E-state index in [1.165, 1.54) is 12.4 Å². The summed E-state index contributed by atoms with van der Waals surface area (Å²) in [7, 11) is 0. The van der Waals surface area contributed by atoms with Crippen molar-refractivity contribution >= 4 is 11.9 Å². The lowest BCUT2D eigenvalue weighted by atomic mass is 9.63. The Morgan fingerprint density at radius 3 is 2.61 bits per heavy atom. The van der Waals surface area contributed by atoms with Crippen LogP contribution in [0.25, 0.3) is 0 Å². The number of nitrogens with zero attached hydrogens (tertiary/aromatic N) is 2. The number of amides is 1. The summed E-state index contributed by atoms with van der Waals surface area (Å²) in [5.41, 5.74) is 6.59. The van der Waals surface area contributed by atoms with Crippen LogP contribution in [0.5, 0.6) is 0 Å². The minimum atomic E-state index is -4.51. The summed E-state index contributed by atoms with van der Waals surface area (Å²) in [4.78, 5) is 29.7. The lowest BCUT2D eigenvalue weighted by Gasteiger charge is -2.52. The molecule has 1 aromatic rings. The van der Waals surface area contributed by atoms with Gasteiger partial charge in [-0.2, -0.15) is 13.2 Å². The number of pyridine rings is 1. The molecule has 28 heavy (non-hydrogen) atoms. The van der Waals surface area contributed by atoms with Crippen LogP contribution in [-0.4, -0.2) is 58.2 Å². The first-order chi connectivity index (χ1) is 13.3. The number of alkyl halides is 3. The van der Waals surface area contributed by atoms with E-state index in [1.54, 1.807) is 12.1 Å². The normalized spacial score (nSPS) is 35.4. The molecule has 3 fully saturated rings. The number of carboxylic acids is 1.